The SMILES string of the molecule is CCC1CC1NC(=O)c1ncccc1C(=O)O. The maximum absolute atomic E-state index is 11.8. The van der Waals surface area contributed by atoms with Crippen LogP contribution in [0.1, 0.15) is 40.6 Å². The monoisotopic (exact) mass is 234 g/mol. The molecule has 90 valence electrons. The number of carbonyl (C=O) groups is 2. The standard InChI is InChI=1S/C12H14N2O3/c1-2-7-6-9(7)14-11(15)10-8(12(16)17)4-3-5-13-10/h3-5,7,9H,2,6H2,1H3,(H,14,15)(H,16,17). The second kappa shape index (κ2) is 4.53. The van der Waals surface area contributed by atoms with Crippen molar-refractivity contribution in [2.75, 3.05) is 0 Å². The molecule has 2 unspecified atom stereocenters. The highest BCUT2D eigenvalue weighted by Gasteiger charge is 2.37. The van der Waals surface area contributed by atoms with Crippen LogP contribution in [0.5, 0.6) is 0 Å². The number of carboxylic acid groups (broad SMARTS) is 1. The van der Waals surface area contributed by atoms with Gasteiger partial charge in [0.15, 0.2) is 0 Å². The molecule has 2 N–H and O–H groups in total. The van der Waals surface area contributed by atoms with Crippen LogP contribution in [0.3, 0.4) is 0 Å². The van der Waals surface area contributed by atoms with Gasteiger partial charge in [0, 0.05) is 12.2 Å². The van der Waals surface area contributed by atoms with Gasteiger partial charge in [-0.05, 0) is 24.5 Å². The van der Waals surface area contributed by atoms with Gasteiger partial charge in [-0.25, -0.2) is 4.79 Å². The van der Waals surface area contributed by atoms with Crippen molar-refractivity contribution < 1.29 is 14.7 Å². The lowest BCUT2D eigenvalue weighted by atomic mass is 10.2. The van der Waals surface area contributed by atoms with Crippen molar-refractivity contribution in [1.29, 1.82) is 0 Å². The fourth-order valence-corrected chi connectivity index (χ4v) is 1.87. The van der Waals surface area contributed by atoms with E-state index in [1.54, 1.807) is 0 Å². The van der Waals surface area contributed by atoms with Crippen LogP contribution >= 0.6 is 0 Å². The van der Waals surface area contributed by atoms with Crippen LogP contribution in [-0.2, 0) is 0 Å². The van der Waals surface area contributed by atoms with Crippen LogP contribution in [0, 0.1) is 5.92 Å². The van der Waals surface area contributed by atoms with Crippen molar-refractivity contribution in [1.82, 2.24) is 10.3 Å². The molecule has 1 amide bonds. The van der Waals surface area contributed by atoms with E-state index in [2.05, 4.69) is 17.2 Å². The number of rotatable bonds is 4. The second-order valence-electron chi connectivity index (χ2n) is 4.19. The molecule has 0 aromatic carbocycles. The molecule has 1 aliphatic rings. The Labute approximate surface area is 98.9 Å². The zero-order chi connectivity index (χ0) is 12.4. The fourth-order valence-electron chi connectivity index (χ4n) is 1.87. The minimum atomic E-state index is -1.13. The Hall–Kier alpha value is -1.91. The molecule has 2 rings (SSSR count). The molecule has 0 spiro atoms. The third kappa shape index (κ3) is 2.43. The topological polar surface area (TPSA) is 79.3 Å². The molecule has 17 heavy (non-hydrogen) atoms. The maximum atomic E-state index is 11.8. The third-order valence-corrected chi connectivity index (χ3v) is 3.02. The van der Waals surface area contributed by atoms with Crippen molar-refractivity contribution in [3.63, 3.8) is 0 Å². The van der Waals surface area contributed by atoms with Crippen LogP contribution < -0.4 is 5.32 Å². The number of aromatic carboxylic acids is 1. The van der Waals surface area contributed by atoms with Crippen molar-refractivity contribution in [3.05, 3.63) is 29.6 Å². The van der Waals surface area contributed by atoms with Crippen molar-refractivity contribution in [2.45, 2.75) is 25.8 Å². The lowest BCUT2D eigenvalue weighted by Gasteiger charge is -2.05. The number of carboxylic acids is 1. The van der Waals surface area contributed by atoms with E-state index in [1.165, 1.54) is 18.3 Å². The van der Waals surface area contributed by atoms with E-state index in [9.17, 15) is 9.59 Å². The minimum absolute atomic E-state index is 0.0123. The molecule has 1 aliphatic carbocycles. The first-order chi connectivity index (χ1) is 8.13. The Morgan fingerprint density at radius 2 is 2.35 bits per heavy atom. The number of carbonyl (C=O) groups excluding carboxylic acids is 1. The Kier molecular flexibility index (Phi) is 3.08. The van der Waals surface area contributed by atoms with Crippen LogP contribution in [0.2, 0.25) is 0 Å². The molecule has 0 bridgehead atoms. The highest BCUT2D eigenvalue weighted by atomic mass is 16.4. The van der Waals surface area contributed by atoms with Crippen molar-refractivity contribution in [3.8, 4) is 0 Å². The first-order valence-electron chi connectivity index (χ1n) is 5.62. The number of hydrogen-bond acceptors (Lipinski definition) is 3. The molecule has 0 aliphatic heterocycles. The normalized spacial score (nSPS) is 21.9. The Balaban J connectivity index is 2.11. The van der Waals surface area contributed by atoms with E-state index in [0.717, 1.165) is 12.8 Å². The minimum Gasteiger partial charge on any atom is -0.478 e. The molecule has 1 aromatic heterocycles. The zero-order valence-electron chi connectivity index (χ0n) is 9.51. The highest BCUT2D eigenvalue weighted by molar-refractivity contribution is 6.03. The van der Waals surface area contributed by atoms with Gasteiger partial charge >= 0.3 is 5.97 Å². The molecular weight excluding hydrogens is 220 g/mol. The van der Waals surface area contributed by atoms with Gasteiger partial charge in [-0.15, -0.1) is 0 Å². The molecular formula is C12H14N2O3. The van der Waals surface area contributed by atoms with Gasteiger partial charge in [0.25, 0.3) is 5.91 Å². The Morgan fingerprint density at radius 3 is 2.94 bits per heavy atom. The van der Waals surface area contributed by atoms with Gasteiger partial charge in [-0.2, -0.15) is 0 Å². The summed E-state index contributed by atoms with van der Waals surface area (Å²) in [7, 11) is 0. The number of hydrogen-bond donors (Lipinski definition) is 2. The summed E-state index contributed by atoms with van der Waals surface area (Å²) in [6, 6.07) is 3.07. The summed E-state index contributed by atoms with van der Waals surface area (Å²) in [6.45, 7) is 2.07. The first kappa shape index (κ1) is 11.6. The van der Waals surface area contributed by atoms with Gasteiger partial charge in [-0.1, -0.05) is 13.3 Å². The second-order valence-corrected chi connectivity index (χ2v) is 4.19. The average molecular weight is 234 g/mol. The summed E-state index contributed by atoms with van der Waals surface area (Å²) in [4.78, 5) is 26.6. The Bertz CT molecular complexity index is 459. The van der Waals surface area contributed by atoms with Crippen LogP contribution in [0.25, 0.3) is 0 Å². The Morgan fingerprint density at radius 1 is 1.59 bits per heavy atom. The largest absolute Gasteiger partial charge is 0.478 e. The number of amides is 1. The van der Waals surface area contributed by atoms with Gasteiger partial charge in [0.1, 0.15) is 5.69 Å². The summed E-state index contributed by atoms with van der Waals surface area (Å²) in [5, 5.41) is 11.7. The van der Waals surface area contributed by atoms with Gasteiger partial charge in [0.2, 0.25) is 0 Å². The van der Waals surface area contributed by atoms with Gasteiger partial charge < -0.3 is 10.4 Å². The molecule has 1 aromatic rings. The summed E-state index contributed by atoms with van der Waals surface area (Å²) in [6.07, 6.45) is 3.42. The lowest BCUT2D eigenvalue weighted by molar-refractivity contribution is 0.0690. The molecule has 1 heterocycles. The smallest absolute Gasteiger partial charge is 0.338 e. The van der Waals surface area contributed by atoms with E-state index >= 15 is 0 Å². The van der Waals surface area contributed by atoms with Crippen LogP contribution in [-0.4, -0.2) is 28.0 Å². The molecule has 5 nitrogen and oxygen atoms in total. The van der Waals surface area contributed by atoms with Gasteiger partial charge in [0.05, 0.1) is 5.56 Å². The first-order valence-corrected chi connectivity index (χ1v) is 5.62. The molecule has 2 atom stereocenters. The summed E-state index contributed by atoms with van der Waals surface area (Å²) >= 11 is 0. The summed E-state index contributed by atoms with van der Waals surface area (Å²) < 4.78 is 0. The fraction of sp³-hybridized carbons (Fsp3) is 0.417. The van der Waals surface area contributed by atoms with E-state index in [4.69, 9.17) is 5.11 Å². The quantitative estimate of drug-likeness (QED) is 0.823. The molecule has 1 fully saturated rings. The zero-order valence-corrected chi connectivity index (χ0v) is 9.51. The van der Waals surface area contributed by atoms with Gasteiger partial charge in [-0.3, -0.25) is 9.78 Å². The lowest BCUT2D eigenvalue weighted by Crippen LogP contribution is -2.29. The number of nitrogens with zero attached hydrogens (tertiary/aromatic N) is 1. The average Bonchev–Trinajstić information content (AvgIpc) is 3.07. The van der Waals surface area contributed by atoms with Crippen molar-refractivity contribution in [2.24, 2.45) is 5.92 Å². The molecule has 0 saturated heterocycles. The van der Waals surface area contributed by atoms with E-state index < -0.39 is 11.9 Å². The van der Waals surface area contributed by atoms with Crippen molar-refractivity contribution >= 4 is 11.9 Å². The molecule has 0 radical (unpaired) electrons. The maximum Gasteiger partial charge on any atom is 0.338 e. The third-order valence-electron chi connectivity index (χ3n) is 3.02. The number of pyridine rings is 1. The molecule has 5 heteroatoms. The summed E-state index contributed by atoms with van der Waals surface area (Å²) in [5.41, 5.74) is -0.0690. The molecule has 1 saturated carbocycles. The van der Waals surface area contributed by atoms with Crippen LogP contribution in [0.15, 0.2) is 18.3 Å². The number of nitrogens with one attached hydrogen (secondary N) is 1. The number of aromatic nitrogens is 1. The summed E-state index contributed by atoms with van der Waals surface area (Å²) in [5.74, 6) is -1.01. The predicted molar refractivity (Wildman–Crippen MR) is 60.8 cm³/mol. The van der Waals surface area contributed by atoms with E-state index in [-0.39, 0.29) is 17.3 Å². The van der Waals surface area contributed by atoms with Crippen LogP contribution in [0.4, 0.5) is 0 Å². The predicted octanol–water partition coefficient (Wildman–Crippen LogP) is 1.31. The van der Waals surface area contributed by atoms with E-state index in [0.29, 0.717) is 5.92 Å². The highest BCUT2D eigenvalue weighted by Crippen LogP contribution is 2.33. The van der Waals surface area contributed by atoms with E-state index in [1.807, 2.05) is 0 Å².